The Hall–Kier alpha value is -1.92. The Morgan fingerprint density at radius 2 is 1.50 bits per heavy atom. The first-order valence-electron chi connectivity index (χ1n) is 7.32. The van der Waals surface area contributed by atoms with Crippen molar-refractivity contribution in [1.82, 2.24) is 4.90 Å². The molecule has 3 rings (SSSR count). The summed E-state index contributed by atoms with van der Waals surface area (Å²) in [5, 5.41) is 0. The molecule has 0 radical (unpaired) electrons. The Bertz CT molecular complexity index is 929. The van der Waals surface area contributed by atoms with Gasteiger partial charge in [0.05, 0.1) is 10.5 Å². The van der Waals surface area contributed by atoms with Crippen LogP contribution < -0.4 is 0 Å². The number of hydrogen-bond donors (Lipinski definition) is 0. The monoisotopic (exact) mass is 405 g/mol. The lowest BCUT2D eigenvalue weighted by Crippen LogP contribution is -2.21. The van der Waals surface area contributed by atoms with Gasteiger partial charge in [-0.05, 0) is 41.0 Å². The molecule has 0 unspecified atom stereocenters. The van der Waals surface area contributed by atoms with E-state index in [2.05, 4.69) is 15.9 Å². The lowest BCUT2D eigenvalue weighted by molar-refractivity contribution is -0.122. The standard InChI is InChI=1S/C18H16BrNO3S/c1-20-11-16(12-5-9-15(10-6-12)24(2,22)23)17(18(20)21)13-3-7-14(19)8-4-13/h3-10H,11H2,1-2H3. The van der Waals surface area contributed by atoms with Crippen LogP contribution in [0.4, 0.5) is 0 Å². The van der Waals surface area contributed by atoms with Crippen LogP contribution in [-0.4, -0.2) is 39.1 Å². The van der Waals surface area contributed by atoms with Gasteiger partial charge in [-0.15, -0.1) is 0 Å². The van der Waals surface area contributed by atoms with Crippen LogP contribution in [0.1, 0.15) is 11.1 Å². The number of amides is 1. The van der Waals surface area contributed by atoms with Crippen molar-refractivity contribution in [1.29, 1.82) is 0 Å². The van der Waals surface area contributed by atoms with Crippen molar-refractivity contribution in [3.05, 3.63) is 64.1 Å². The van der Waals surface area contributed by atoms with Crippen molar-refractivity contribution < 1.29 is 13.2 Å². The highest BCUT2D eigenvalue weighted by atomic mass is 79.9. The zero-order valence-corrected chi connectivity index (χ0v) is 15.7. The minimum absolute atomic E-state index is 0.0282. The largest absolute Gasteiger partial charge is 0.337 e. The first-order chi connectivity index (χ1) is 11.3. The zero-order valence-electron chi connectivity index (χ0n) is 13.3. The molecular formula is C18H16BrNO3S. The van der Waals surface area contributed by atoms with Crippen LogP contribution in [0.5, 0.6) is 0 Å². The van der Waals surface area contributed by atoms with E-state index in [0.29, 0.717) is 12.1 Å². The van der Waals surface area contributed by atoms with E-state index < -0.39 is 9.84 Å². The van der Waals surface area contributed by atoms with Gasteiger partial charge in [0.2, 0.25) is 0 Å². The molecule has 0 aromatic heterocycles. The molecule has 0 bridgehead atoms. The van der Waals surface area contributed by atoms with E-state index >= 15 is 0 Å². The van der Waals surface area contributed by atoms with Gasteiger partial charge in [-0.2, -0.15) is 0 Å². The highest BCUT2D eigenvalue weighted by Crippen LogP contribution is 2.34. The van der Waals surface area contributed by atoms with Crippen molar-refractivity contribution in [2.75, 3.05) is 19.8 Å². The van der Waals surface area contributed by atoms with Crippen molar-refractivity contribution in [2.24, 2.45) is 0 Å². The fraction of sp³-hybridized carbons (Fsp3) is 0.167. The lowest BCUT2D eigenvalue weighted by atomic mass is 9.97. The van der Waals surface area contributed by atoms with Gasteiger partial charge in [0.15, 0.2) is 9.84 Å². The quantitative estimate of drug-likeness (QED) is 0.787. The Kier molecular flexibility index (Phi) is 4.36. The molecule has 0 atom stereocenters. The first-order valence-corrected chi connectivity index (χ1v) is 10.0. The number of rotatable bonds is 3. The smallest absolute Gasteiger partial charge is 0.254 e. The number of carbonyl (C=O) groups excluding carboxylic acids is 1. The highest BCUT2D eigenvalue weighted by Gasteiger charge is 2.29. The molecule has 1 aliphatic rings. The molecule has 0 fully saturated rings. The van der Waals surface area contributed by atoms with E-state index in [1.807, 2.05) is 24.3 Å². The van der Waals surface area contributed by atoms with Crippen LogP contribution in [0, 0.1) is 0 Å². The van der Waals surface area contributed by atoms with Crippen molar-refractivity contribution in [2.45, 2.75) is 4.90 Å². The number of likely N-dealkylation sites (N-methyl/N-ethyl adjacent to an activating group) is 1. The van der Waals surface area contributed by atoms with Gasteiger partial charge in [-0.25, -0.2) is 8.42 Å². The van der Waals surface area contributed by atoms with Gasteiger partial charge < -0.3 is 4.90 Å². The molecule has 1 amide bonds. The number of hydrogen-bond acceptors (Lipinski definition) is 3. The molecule has 0 N–H and O–H groups in total. The van der Waals surface area contributed by atoms with E-state index in [9.17, 15) is 13.2 Å². The summed E-state index contributed by atoms with van der Waals surface area (Å²) in [6.45, 7) is 0.502. The predicted molar refractivity (Wildman–Crippen MR) is 98.1 cm³/mol. The molecular weight excluding hydrogens is 390 g/mol. The van der Waals surface area contributed by atoms with Crippen LogP contribution >= 0.6 is 15.9 Å². The maximum atomic E-state index is 12.6. The summed E-state index contributed by atoms with van der Waals surface area (Å²) in [5.41, 5.74) is 3.29. The predicted octanol–water partition coefficient (Wildman–Crippen LogP) is 3.24. The minimum atomic E-state index is -3.23. The Morgan fingerprint density at radius 1 is 0.958 bits per heavy atom. The van der Waals surface area contributed by atoms with E-state index in [-0.39, 0.29) is 10.8 Å². The number of halogens is 1. The summed E-state index contributed by atoms with van der Waals surface area (Å²) in [6, 6.07) is 14.3. The fourth-order valence-corrected chi connectivity index (χ4v) is 3.66. The number of nitrogens with zero attached hydrogens (tertiary/aromatic N) is 1. The summed E-state index contributed by atoms with van der Waals surface area (Å²) < 4.78 is 24.2. The van der Waals surface area contributed by atoms with Gasteiger partial charge in [0.1, 0.15) is 0 Å². The minimum Gasteiger partial charge on any atom is -0.337 e. The van der Waals surface area contributed by atoms with Crippen molar-refractivity contribution in [3.8, 4) is 0 Å². The second-order valence-corrected chi connectivity index (χ2v) is 8.75. The molecule has 24 heavy (non-hydrogen) atoms. The third-order valence-electron chi connectivity index (χ3n) is 4.02. The molecule has 4 nitrogen and oxygen atoms in total. The SMILES string of the molecule is CN1CC(c2ccc(S(C)(=O)=O)cc2)=C(c2ccc(Br)cc2)C1=O. The third kappa shape index (κ3) is 3.16. The summed E-state index contributed by atoms with van der Waals surface area (Å²) in [7, 11) is -1.47. The molecule has 1 aliphatic heterocycles. The van der Waals surface area contributed by atoms with Gasteiger partial charge in [-0.3, -0.25) is 4.79 Å². The number of benzene rings is 2. The Morgan fingerprint density at radius 3 is 2.04 bits per heavy atom. The van der Waals surface area contributed by atoms with Crippen LogP contribution in [0.15, 0.2) is 57.9 Å². The normalized spacial score (nSPS) is 15.3. The second kappa shape index (κ2) is 6.18. The Labute approximate surface area is 149 Å². The molecule has 0 spiro atoms. The van der Waals surface area contributed by atoms with Crippen LogP contribution in [0.3, 0.4) is 0 Å². The molecule has 2 aromatic rings. The zero-order chi connectivity index (χ0) is 17.5. The number of sulfone groups is 1. The lowest BCUT2D eigenvalue weighted by Gasteiger charge is -2.08. The fourth-order valence-electron chi connectivity index (χ4n) is 2.76. The topological polar surface area (TPSA) is 54.5 Å². The summed E-state index contributed by atoms with van der Waals surface area (Å²) in [4.78, 5) is 14.5. The molecule has 0 saturated carbocycles. The summed E-state index contributed by atoms with van der Waals surface area (Å²) >= 11 is 3.40. The molecule has 6 heteroatoms. The molecule has 0 aliphatic carbocycles. The van der Waals surface area contributed by atoms with E-state index in [4.69, 9.17) is 0 Å². The average molecular weight is 406 g/mol. The van der Waals surface area contributed by atoms with Crippen LogP contribution in [0.2, 0.25) is 0 Å². The maximum Gasteiger partial charge on any atom is 0.254 e. The molecule has 1 heterocycles. The summed E-state index contributed by atoms with van der Waals surface area (Å²) in [5.74, 6) is -0.0282. The first kappa shape index (κ1) is 16.9. The molecule has 124 valence electrons. The van der Waals surface area contributed by atoms with Crippen LogP contribution in [-0.2, 0) is 14.6 Å². The van der Waals surface area contributed by atoms with Gasteiger partial charge >= 0.3 is 0 Å². The van der Waals surface area contributed by atoms with E-state index in [1.165, 1.54) is 6.26 Å². The average Bonchev–Trinajstić information content (AvgIpc) is 2.83. The highest BCUT2D eigenvalue weighted by molar-refractivity contribution is 9.10. The van der Waals surface area contributed by atoms with E-state index in [1.54, 1.807) is 36.2 Å². The van der Waals surface area contributed by atoms with Gasteiger partial charge in [0, 0.05) is 24.3 Å². The summed E-state index contributed by atoms with van der Waals surface area (Å²) in [6.07, 6.45) is 1.18. The van der Waals surface area contributed by atoms with Gasteiger partial charge in [-0.1, -0.05) is 40.2 Å². The Balaban J connectivity index is 2.11. The second-order valence-electron chi connectivity index (χ2n) is 5.82. The molecule has 2 aromatic carbocycles. The number of carbonyl (C=O) groups is 1. The van der Waals surface area contributed by atoms with Crippen molar-refractivity contribution >= 4 is 42.8 Å². The van der Waals surface area contributed by atoms with Crippen molar-refractivity contribution in [3.63, 3.8) is 0 Å². The van der Waals surface area contributed by atoms with Gasteiger partial charge in [0.25, 0.3) is 5.91 Å². The maximum absolute atomic E-state index is 12.6. The van der Waals surface area contributed by atoms with Crippen LogP contribution in [0.25, 0.3) is 11.1 Å². The molecule has 0 saturated heterocycles. The third-order valence-corrected chi connectivity index (χ3v) is 5.68. The van der Waals surface area contributed by atoms with E-state index in [0.717, 1.165) is 21.2 Å².